The number of rotatable bonds is 2. The molecule has 0 atom stereocenters. The van der Waals surface area contributed by atoms with E-state index in [-0.39, 0.29) is 0 Å². The van der Waals surface area contributed by atoms with Crippen LogP contribution in [-0.4, -0.2) is 40.9 Å². The van der Waals surface area contributed by atoms with Gasteiger partial charge in [-0.2, -0.15) is 0 Å². The van der Waals surface area contributed by atoms with Crippen molar-refractivity contribution in [3.8, 4) is 0 Å². The Morgan fingerprint density at radius 3 is 1.60 bits per heavy atom. The molecule has 0 aromatic heterocycles. The summed E-state index contributed by atoms with van der Waals surface area (Å²) in [7, 11) is 10.5. The van der Waals surface area contributed by atoms with Crippen molar-refractivity contribution in [2.24, 2.45) is 0 Å². The molecule has 0 aliphatic heterocycles. The van der Waals surface area contributed by atoms with E-state index in [1.165, 1.54) is 0 Å². The molecule has 32 valence electrons. The van der Waals surface area contributed by atoms with Gasteiger partial charge in [0.1, 0.15) is 0 Å². The topological polar surface area (TPSA) is 9.23 Å². The van der Waals surface area contributed by atoms with Crippen LogP contribution in [0.4, 0.5) is 0 Å². The van der Waals surface area contributed by atoms with Gasteiger partial charge in [0.2, 0.25) is 0 Å². The van der Waals surface area contributed by atoms with E-state index in [1.807, 2.05) is 0 Å². The molecule has 0 aromatic rings. The Morgan fingerprint density at radius 2 is 1.60 bits per heavy atom. The molecule has 0 radical (unpaired) electrons. The predicted octanol–water partition coefficient (Wildman–Crippen LogP) is -0.522. The Balaban J connectivity index is 2.19. The van der Waals surface area contributed by atoms with Gasteiger partial charge in [0.25, 0.3) is 0 Å². The first-order valence-electron chi connectivity index (χ1n) is 1.11. The van der Waals surface area contributed by atoms with Crippen molar-refractivity contribution in [2.75, 3.05) is 0 Å². The zero-order valence-corrected chi connectivity index (χ0v) is 12.2. The molecule has 0 spiro atoms. The van der Waals surface area contributed by atoms with Gasteiger partial charge in [-0.3, -0.25) is 0 Å². The number of halogens is 2. The molecule has 0 aromatic carbocycles. The maximum atomic E-state index is 5.26. The van der Waals surface area contributed by atoms with E-state index in [4.69, 9.17) is 19.3 Å². The second-order valence-electron chi connectivity index (χ2n) is 0.422. The van der Waals surface area contributed by atoms with E-state index >= 15 is 0 Å². The molecule has 5 heavy (non-hydrogen) atoms. The zero-order valence-electron chi connectivity index (χ0n) is 2.58. The monoisotopic (exact) mass is 330 g/mol. The van der Waals surface area contributed by atoms with Crippen molar-refractivity contribution in [2.45, 2.75) is 0 Å². The zero-order chi connectivity index (χ0) is 4.12. The van der Waals surface area contributed by atoms with Crippen LogP contribution in [0.2, 0.25) is 0 Å². The van der Waals surface area contributed by atoms with E-state index < -0.39 is 40.9 Å². The molecule has 0 rings (SSSR count). The molecule has 0 amide bonds. The van der Waals surface area contributed by atoms with Crippen molar-refractivity contribution in [1.82, 2.24) is 0 Å². The summed E-state index contributed by atoms with van der Waals surface area (Å²) >= 11 is -2.26. The standard InChI is InChI=1S/2ClH.O.2Sn.4H/h2*1H;;;;;;;/q;;;2*+1;;;;/p-2. The van der Waals surface area contributed by atoms with Crippen molar-refractivity contribution < 1.29 is 1.41 Å². The predicted molar refractivity (Wildman–Crippen MR) is 29.9 cm³/mol. The summed E-state index contributed by atoms with van der Waals surface area (Å²) in [5.74, 6) is 0. The minimum atomic E-state index is -1.13. The van der Waals surface area contributed by atoms with Crippen LogP contribution in [0.25, 0.3) is 0 Å². The van der Waals surface area contributed by atoms with Gasteiger partial charge in [0.15, 0.2) is 0 Å². The maximum absolute atomic E-state index is 5.26. The Bertz CT molecular complexity index is 15.1. The minimum absolute atomic E-state index is 1.13. The second-order valence-corrected chi connectivity index (χ2v) is 13.6. The van der Waals surface area contributed by atoms with Crippen LogP contribution < -0.4 is 0 Å². The first kappa shape index (κ1) is 7.14. The Kier molecular flexibility index (Phi) is 8.76. The average molecular weight is 328 g/mol. The molecule has 0 aliphatic carbocycles. The number of hydrogen-bond donors (Lipinski definition) is 0. The first-order chi connectivity index (χ1) is 2.41. The fraction of sp³-hybridized carbons (Fsp3) is 0. The Labute approximate surface area is 59.3 Å². The van der Waals surface area contributed by atoms with Crippen LogP contribution >= 0.6 is 17.8 Å². The molecule has 0 unspecified atom stereocenters. The van der Waals surface area contributed by atoms with Crippen LogP contribution in [0.5, 0.6) is 0 Å². The summed E-state index contributed by atoms with van der Waals surface area (Å²) in [6.07, 6.45) is 0. The van der Waals surface area contributed by atoms with Gasteiger partial charge >= 0.3 is 60.1 Å². The third kappa shape index (κ3) is 6.14. The van der Waals surface area contributed by atoms with Crippen molar-refractivity contribution >= 4 is 58.7 Å². The fourth-order valence-electron chi connectivity index (χ4n) is 0.0292. The van der Waals surface area contributed by atoms with Crippen LogP contribution in [0, 0.1) is 0 Å². The van der Waals surface area contributed by atoms with Gasteiger partial charge < -0.3 is 0 Å². The molecule has 0 bridgehead atoms. The summed E-state index contributed by atoms with van der Waals surface area (Å²) < 4.78 is 4.78. The summed E-state index contributed by atoms with van der Waals surface area (Å²) in [6, 6.07) is 0. The molecule has 0 heterocycles. The molecular weight excluding hydrogens is 324 g/mol. The quantitative estimate of drug-likeness (QED) is 0.620. The normalized spacial score (nSPS) is 13.2. The molecule has 5 heteroatoms. The van der Waals surface area contributed by atoms with Gasteiger partial charge in [-0.1, -0.05) is 0 Å². The average Bonchev–Trinajstić information content (AvgIpc) is 1.41. The fourth-order valence-corrected chi connectivity index (χ4v) is 11.8. The van der Waals surface area contributed by atoms with Crippen molar-refractivity contribution in [1.29, 1.82) is 0 Å². The summed E-state index contributed by atoms with van der Waals surface area (Å²) in [6.45, 7) is 0. The molecule has 1 nitrogen and oxygen atoms in total. The van der Waals surface area contributed by atoms with Gasteiger partial charge in [-0.15, -0.1) is 0 Å². The van der Waals surface area contributed by atoms with E-state index in [2.05, 4.69) is 0 Å². The van der Waals surface area contributed by atoms with Gasteiger partial charge in [-0.25, -0.2) is 0 Å². The number of hydrogen-bond acceptors (Lipinski definition) is 1. The van der Waals surface area contributed by atoms with E-state index in [0.717, 1.165) is 0 Å². The first-order valence-corrected chi connectivity index (χ1v) is 14.6. The molecule has 0 saturated heterocycles. The van der Waals surface area contributed by atoms with E-state index in [1.54, 1.807) is 0 Å². The SMILES string of the molecule is [Cl][SnH2][O][SnH2][Cl]. The third-order valence-corrected chi connectivity index (χ3v) is 20.8. The van der Waals surface area contributed by atoms with E-state index in [9.17, 15) is 0 Å². The van der Waals surface area contributed by atoms with Crippen LogP contribution in [-0.2, 0) is 1.41 Å². The molecule has 0 saturated carbocycles. The molecule has 0 aliphatic rings. The summed E-state index contributed by atoms with van der Waals surface area (Å²) in [4.78, 5) is 0. The summed E-state index contributed by atoms with van der Waals surface area (Å²) in [5.41, 5.74) is 0. The molecule has 0 N–H and O–H groups in total. The second kappa shape index (κ2) is 6.14. The van der Waals surface area contributed by atoms with Crippen LogP contribution in [0.1, 0.15) is 0 Å². The molecule has 0 fully saturated rings. The Hall–Kier alpha value is 2.14. The van der Waals surface area contributed by atoms with Gasteiger partial charge in [0.05, 0.1) is 0 Å². The van der Waals surface area contributed by atoms with Gasteiger partial charge in [0, 0.05) is 0 Å². The van der Waals surface area contributed by atoms with Crippen LogP contribution in [0.15, 0.2) is 0 Å². The third-order valence-electron chi connectivity index (χ3n) is 0.154. The van der Waals surface area contributed by atoms with Gasteiger partial charge in [-0.05, 0) is 0 Å². The summed E-state index contributed by atoms with van der Waals surface area (Å²) in [5, 5.41) is 0. The van der Waals surface area contributed by atoms with Crippen molar-refractivity contribution in [3.05, 3.63) is 0 Å². The van der Waals surface area contributed by atoms with Crippen molar-refractivity contribution in [3.63, 3.8) is 0 Å². The Morgan fingerprint density at radius 1 is 1.20 bits per heavy atom. The van der Waals surface area contributed by atoms with Crippen LogP contribution in [0.3, 0.4) is 0 Å². The van der Waals surface area contributed by atoms with E-state index in [0.29, 0.717) is 0 Å². The molecular formula is H4Cl2OSn2.